The predicted octanol–water partition coefficient (Wildman–Crippen LogP) is 12.0. The highest BCUT2D eigenvalue weighted by molar-refractivity contribution is 6.22. The van der Waals surface area contributed by atoms with Crippen LogP contribution in [0.5, 0.6) is 0 Å². The third-order valence-corrected chi connectivity index (χ3v) is 11.4. The van der Waals surface area contributed by atoms with Gasteiger partial charge in [0.1, 0.15) is 0 Å². The average Bonchev–Trinajstić information content (AvgIpc) is 3.74. The summed E-state index contributed by atoms with van der Waals surface area (Å²) in [6.45, 7) is 0. The summed E-state index contributed by atoms with van der Waals surface area (Å²) >= 11 is 0. The van der Waals surface area contributed by atoms with Gasteiger partial charge in [-0.2, -0.15) is 4.99 Å². The van der Waals surface area contributed by atoms with Gasteiger partial charge < -0.3 is 10.2 Å². The van der Waals surface area contributed by atoms with Crippen molar-refractivity contribution < 1.29 is 5.32 Å². The van der Waals surface area contributed by atoms with Crippen molar-refractivity contribution in [3.05, 3.63) is 234 Å². The molecule has 0 fully saturated rings. The molecule has 9 aromatic rings. The summed E-state index contributed by atoms with van der Waals surface area (Å²) in [5.41, 5.74) is 12.0. The lowest BCUT2D eigenvalue weighted by atomic mass is 9.98. The number of amidine groups is 2. The Morgan fingerprint density at radius 2 is 1.07 bits per heavy atom. The fourth-order valence-corrected chi connectivity index (χ4v) is 8.55. The minimum absolute atomic E-state index is 0.227. The zero-order valence-electron chi connectivity index (χ0n) is 32.1. The first-order valence-electron chi connectivity index (χ1n) is 20.0. The van der Waals surface area contributed by atoms with Crippen LogP contribution in [0.25, 0.3) is 49.1 Å². The van der Waals surface area contributed by atoms with Crippen molar-refractivity contribution in [3.8, 4) is 22.3 Å². The van der Waals surface area contributed by atoms with E-state index in [2.05, 4.69) is 185 Å². The molecule has 3 heterocycles. The normalized spacial score (nSPS) is 16.0. The first kappa shape index (κ1) is 34.6. The molecule has 0 amide bonds. The summed E-state index contributed by atoms with van der Waals surface area (Å²) in [5.74, 6) is 1.64. The zero-order chi connectivity index (χ0) is 39.1. The molecule has 0 aliphatic carbocycles. The van der Waals surface area contributed by atoms with E-state index in [1.54, 1.807) is 0 Å². The van der Waals surface area contributed by atoms with Crippen LogP contribution in [0, 0.1) is 0 Å². The van der Waals surface area contributed by atoms with Crippen LogP contribution in [-0.4, -0.2) is 16.7 Å². The Morgan fingerprint density at radius 3 is 1.85 bits per heavy atom. The number of nitrogens with two attached hydrogens (primary N) is 1. The molecule has 6 nitrogen and oxygen atoms in total. The van der Waals surface area contributed by atoms with Gasteiger partial charge in [0.2, 0.25) is 12.0 Å². The van der Waals surface area contributed by atoms with Gasteiger partial charge in [0.05, 0.1) is 5.56 Å². The Bertz CT molecular complexity index is 3050. The number of fused-ring (bicyclic) bond motifs is 6. The number of quaternary nitrogens is 1. The molecule has 6 heteroatoms. The standard InChI is InChI=1S/C53H37N6/c1-4-14-35(15-5-1)36-26-28-38(29-27-36)51-56-50(37-16-6-2-7-17-37)57-52(58-51)42-22-12-20-40(32-42)41-21-13-23-43(33-41)59-49-46-25-11-10-24-44(46)45-30-31-54-34-47(45)48(49)55-53(59)39-18-8-3-9-19-39/h1-34,52-53H,(H,56,57,58)/q-1/p+1. The molecule has 2 atom stereocenters. The van der Waals surface area contributed by atoms with Crippen molar-refractivity contribution in [2.24, 2.45) is 9.98 Å². The fourth-order valence-electron chi connectivity index (χ4n) is 8.55. The molecule has 0 spiro atoms. The molecule has 280 valence electrons. The number of rotatable bonds is 7. The first-order chi connectivity index (χ1) is 29.2. The van der Waals surface area contributed by atoms with Gasteiger partial charge in [-0.05, 0) is 86.5 Å². The number of hydrogen-bond acceptors (Lipinski definition) is 4. The van der Waals surface area contributed by atoms with Crippen molar-refractivity contribution in [1.82, 2.24) is 4.98 Å². The molecule has 2 N–H and O–H groups in total. The van der Waals surface area contributed by atoms with Crippen molar-refractivity contribution in [2.45, 2.75) is 12.3 Å². The van der Waals surface area contributed by atoms with E-state index in [0.29, 0.717) is 0 Å². The second kappa shape index (κ2) is 14.7. The predicted molar refractivity (Wildman–Crippen MR) is 242 cm³/mol. The molecule has 0 bridgehead atoms. The summed E-state index contributed by atoms with van der Waals surface area (Å²) in [7, 11) is 0. The van der Waals surface area contributed by atoms with E-state index in [4.69, 9.17) is 15.3 Å². The van der Waals surface area contributed by atoms with Crippen molar-refractivity contribution >= 4 is 50.3 Å². The van der Waals surface area contributed by atoms with E-state index in [9.17, 15) is 0 Å². The van der Waals surface area contributed by atoms with Gasteiger partial charge in [-0.3, -0.25) is 10.3 Å². The van der Waals surface area contributed by atoms with Crippen molar-refractivity contribution in [2.75, 3.05) is 4.90 Å². The van der Waals surface area contributed by atoms with Crippen molar-refractivity contribution in [1.29, 1.82) is 0 Å². The fraction of sp³-hybridized carbons (Fsp3) is 0.0377. The van der Waals surface area contributed by atoms with Gasteiger partial charge in [0.15, 0.2) is 5.84 Å². The third-order valence-electron chi connectivity index (χ3n) is 11.4. The highest BCUT2D eigenvalue weighted by Crippen LogP contribution is 2.59. The number of aromatic nitrogens is 1. The van der Waals surface area contributed by atoms with Crippen LogP contribution in [0.4, 0.5) is 17.1 Å². The molecule has 1 aromatic heterocycles. The van der Waals surface area contributed by atoms with E-state index < -0.39 is 0 Å². The highest BCUT2D eigenvalue weighted by Gasteiger charge is 2.29. The molecule has 11 rings (SSSR count). The van der Waals surface area contributed by atoms with Gasteiger partial charge in [-0.1, -0.05) is 158 Å². The number of anilines is 2. The second-order valence-electron chi connectivity index (χ2n) is 15.0. The van der Waals surface area contributed by atoms with Crippen LogP contribution in [-0.2, 0) is 0 Å². The molecule has 0 saturated heterocycles. The molecule has 59 heavy (non-hydrogen) atoms. The largest absolute Gasteiger partial charge is 0.659 e. The van der Waals surface area contributed by atoms with Gasteiger partial charge in [0.25, 0.3) is 0 Å². The smallest absolute Gasteiger partial charge is 0.235 e. The third kappa shape index (κ3) is 6.33. The average molecular weight is 759 g/mol. The SMILES string of the molecule is c1ccc(C2=NC(c3cccc(-c4cccc(N5c6c(c7cnccc7c7ccccc67)[N-]C5c5ccccc5)c4)c3)[NH2+]C(c3ccc(-c4ccccc4)cc3)=N2)cc1. The monoisotopic (exact) mass is 758 g/mol. The van der Waals surface area contributed by atoms with Crippen LogP contribution >= 0.6 is 0 Å². The maximum absolute atomic E-state index is 5.48. The summed E-state index contributed by atoms with van der Waals surface area (Å²) in [6.07, 6.45) is 3.36. The molecule has 0 saturated carbocycles. The Kier molecular flexibility index (Phi) is 8.60. The lowest BCUT2D eigenvalue weighted by Crippen LogP contribution is -2.90. The van der Waals surface area contributed by atoms with Gasteiger partial charge in [0, 0.05) is 40.3 Å². The van der Waals surface area contributed by atoms with E-state index in [0.717, 1.165) is 72.9 Å². The number of nitrogens with zero attached hydrogens (tertiary/aromatic N) is 5. The van der Waals surface area contributed by atoms with Crippen LogP contribution in [0.1, 0.15) is 34.6 Å². The minimum atomic E-state index is -0.246. The molecular weight excluding hydrogens is 721 g/mol. The Morgan fingerprint density at radius 1 is 0.475 bits per heavy atom. The molecule has 8 aromatic carbocycles. The highest BCUT2D eigenvalue weighted by atomic mass is 15.3. The zero-order valence-corrected chi connectivity index (χ0v) is 32.1. The Labute approximate surface area is 342 Å². The van der Waals surface area contributed by atoms with Crippen LogP contribution in [0.15, 0.2) is 217 Å². The Hall–Kier alpha value is -7.67. The van der Waals surface area contributed by atoms with Crippen LogP contribution in [0.2, 0.25) is 0 Å². The van der Waals surface area contributed by atoms with Gasteiger partial charge >= 0.3 is 0 Å². The van der Waals surface area contributed by atoms with Crippen LogP contribution in [0.3, 0.4) is 0 Å². The summed E-state index contributed by atoms with van der Waals surface area (Å²) in [5, 5.41) is 12.2. The molecule has 2 aliphatic heterocycles. The van der Waals surface area contributed by atoms with E-state index >= 15 is 0 Å². The quantitative estimate of drug-likeness (QED) is 0.164. The second-order valence-corrected chi connectivity index (χ2v) is 15.0. The van der Waals surface area contributed by atoms with E-state index in [1.165, 1.54) is 21.9 Å². The van der Waals surface area contributed by atoms with Gasteiger partial charge in [-0.25, -0.2) is 4.99 Å². The maximum atomic E-state index is 5.48. The number of pyridine rings is 1. The van der Waals surface area contributed by atoms with Crippen molar-refractivity contribution in [3.63, 3.8) is 0 Å². The summed E-state index contributed by atoms with van der Waals surface area (Å²) in [4.78, 5) is 17.3. The molecular formula is C53H38N6. The lowest BCUT2D eigenvalue weighted by Gasteiger charge is -2.35. The summed E-state index contributed by atoms with van der Waals surface area (Å²) < 4.78 is 0. The first-order valence-corrected chi connectivity index (χ1v) is 20.0. The molecule has 2 aliphatic rings. The topological polar surface area (TPSA) is 71.6 Å². The summed E-state index contributed by atoms with van der Waals surface area (Å²) in [6, 6.07) is 68.4. The van der Waals surface area contributed by atoms with Crippen LogP contribution < -0.4 is 10.2 Å². The van der Waals surface area contributed by atoms with E-state index in [1.807, 2.05) is 36.7 Å². The molecule has 2 unspecified atom stereocenters. The number of aliphatic imine (C=N–C) groups is 2. The Balaban J connectivity index is 0.983. The number of benzene rings is 8. The minimum Gasteiger partial charge on any atom is -0.659 e. The number of hydrogen-bond donors (Lipinski definition) is 1. The maximum Gasteiger partial charge on any atom is 0.235 e. The van der Waals surface area contributed by atoms with E-state index in [-0.39, 0.29) is 12.3 Å². The van der Waals surface area contributed by atoms with Gasteiger partial charge in [-0.15, -0.1) is 5.69 Å². The lowest BCUT2D eigenvalue weighted by molar-refractivity contribution is -0.586. The molecule has 0 radical (unpaired) electrons.